The predicted molar refractivity (Wildman–Crippen MR) is 123 cm³/mol. The molecule has 6 nitrogen and oxygen atoms in total. The van der Waals surface area contributed by atoms with Crippen LogP contribution in [0.3, 0.4) is 0 Å². The minimum Gasteiger partial charge on any atom is -0.494 e. The van der Waals surface area contributed by atoms with Crippen LogP contribution >= 0.6 is 0 Å². The highest BCUT2D eigenvalue weighted by Crippen LogP contribution is 2.26. The van der Waals surface area contributed by atoms with Gasteiger partial charge in [0.2, 0.25) is 5.91 Å². The molecule has 1 aliphatic carbocycles. The molecule has 0 saturated heterocycles. The minimum absolute atomic E-state index is 0.148. The number of amides is 1. The maximum Gasteiger partial charge on any atom is 0.264 e. The molecule has 31 heavy (non-hydrogen) atoms. The van der Waals surface area contributed by atoms with Gasteiger partial charge in [0.15, 0.2) is 0 Å². The molecule has 0 fully saturated rings. The number of anilines is 1. The molecule has 0 heterocycles. The van der Waals surface area contributed by atoms with Crippen LogP contribution in [0.15, 0.2) is 65.1 Å². The maximum absolute atomic E-state index is 13.4. The lowest BCUT2D eigenvalue weighted by molar-refractivity contribution is -0.119. The van der Waals surface area contributed by atoms with Gasteiger partial charge in [-0.3, -0.25) is 9.10 Å². The Labute approximate surface area is 185 Å². The van der Waals surface area contributed by atoms with Gasteiger partial charge in [-0.2, -0.15) is 0 Å². The normalized spacial score (nSPS) is 13.9. The van der Waals surface area contributed by atoms with Crippen LogP contribution < -0.4 is 14.4 Å². The Morgan fingerprint density at radius 3 is 2.39 bits per heavy atom. The van der Waals surface area contributed by atoms with Crippen molar-refractivity contribution in [2.75, 3.05) is 24.0 Å². The highest BCUT2D eigenvalue weighted by molar-refractivity contribution is 7.92. The van der Waals surface area contributed by atoms with Crippen molar-refractivity contribution in [3.63, 3.8) is 0 Å². The molecule has 0 bridgehead atoms. The first-order chi connectivity index (χ1) is 14.9. The number of nitrogens with one attached hydrogen (secondary N) is 1. The van der Waals surface area contributed by atoms with Gasteiger partial charge in [-0.05, 0) is 75.9 Å². The summed E-state index contributed by atoms with van der Waals surface area (Å²) in [6.45, 7) is 4.46. The van der Waals surface area contributed by atoms with E-state index in [4.69, 9.17) is 4.74 Å². The Bertz CT molecular complexity index is 1010. The van der Waals surface area contributed by atoms with E-state index in [9.17, 15) is 13.2 Å². The van der Waals surface area contributed by atoms with E-state index < -0.39 is 10.0 Å². The summed E-state index contributed by atoms with van der Waals surface area (Å²) in [6.07, 6.45) is 6.48. The number of nitrogens with zero attached hydrogens (tertiary/aromatic N) is 1. The molecule has 0 atom stereocenters. The number of benzene rings is 2. The number of rotatable bonds is 9. The Kier molecular flexibility index (Phi) is 7.74. The third kappa shape index (κ3) is 6.10. The summed E-state index contributed by atoms with van der Waals surface area (Å²) >= 11 is 0. The van der Waals surface area contributed by atoms with Crippen LogP contribution in [0.25, 0.3) is 0 Å². The van der Waals surface area contributed by atoms with E-state index in [1.54, 1.807) is 48.5 Å². The molecule has 0 unspecified atom stereocenters. The van der Waals surface area contributed by atoms with E-state index in [2.05, 4.69) is 11.4 Å². The van der Waals surface area contributed by atoms with E-state index in [1.165, 1.54) is 12.0 Å². The zero-order valence-corrected chi connectivity index (χ0v) is 19.0. The lowest BCUT2D eigenvalue weighted by Crippen LogP contribution is -2.41. The van der Waals surface area contributed by atoms with Gasteiger partial charge >= 0.3 is 0 Å². The van der Waals surface area contributed by atoms with Gasteiger partial charge in [-0.15, -0.1) is 0 Å². The monoisotopic (exact) mass is 442 g/mol. The molecule has 2 aromatic rings. The van der Waals surface area contributed by atoms with Crippen LogP contribution in [0.2, 0.25) is 0 Å². The van der Waals surface area contributed by atoms with E-state index in [-0.39, 0.29) is 17.3 Å². The van der Waals surface area contributed by atoms with Crippen molar-refractivity contribution < 1.29 is 17.9 Å². The number of hydrogen-bond acceptors (Lipinski definition) is 4. The SMILES string of the molecule is CCOc1ccc(N(CC(=O)NCC2=CCCCC2)S(=O)(=O)c2ccc(C)cc2)cc1. The number of hydrogen-bond donors (Lipinski definition) is 1. The van der Waals surface area contributed by atoms with Gasteiger partial charge < -0.3 is 10.1 Å². The molecule has 0 spiro atoms. The molecule has 0 aliphatic heterocycles. The largest absolute Gasteiger partial charge is 0.494 e. The third-order valence-electron chi connectivity index (χ3n) is 5.23. The van der Waals surface area contributed by atoms with E-state index in [1.807, 2.05) is 13.8 Å². The summed E-state index contributed by atoms with van der Waals surface area (Å²) in [4.78, 5) is 12.8. The first-order valence-corrected chi connectivity index (χ1v) is 12.1. The number of ether oxygens (including phenoxy) is 1. The van der Waals surface area contributed by atoms with Crippen molar-refractivity contribution >= 4 is 21.6 Å². The average molecular weight is 443 g/mol. The van der Waals surface area contributed by atoms with Gasteiger partial charge in [0.1, 0.15) is 12.3 Å². The summed E-state index contributed by atoms with van der Waals surface area (Å²) < 4.78 is 33.4. The summed E-state index contributed by atoms with van der Waals surface area (Å²) in [5, 5.41) is 2.88. The summed E-state index contributed by atoms with van der Waals surface area (Å²) in [7, 11) is -3.92. The topological polar surface area (TPSA) is 75.7 Å². The van der Waals surface area contributed by atoms with E-state index in [0.717, 1.165) is 29.1 Å². The van der Waals surface area contributed by atoms with Crippen molar-refractivity contribution in [1.82, 2.24) is 5.32 Å². The minimum atomic E-state index is -3.92. The number of aryl methyl sites for hydroxylation is 1. The van der Waals surface area contributed by atoms with Gasteiger partial charge in [-0.25, -0.2) is 8.42 Å². The fourth-order valence-corrected chi connectivity index (χ4v) is 4.91. The third-order valence-corrected chi connectivity index (χ3v) is 7.02. The number of allylic oxidation sites excluding steroid dienone is 1. The lowest BCUT2D eigenvalue weighted by Gasteiger charge is -2.24. The van der Waals surface area contributed by atoms with E-state index in [0.29, 0.717) is 24.6 Å². The molecule has 166 valence electrons. The second-order valence-corrected chi connectivity index (χ2v) is 9.50. The van der Waals surface area contributed by atoms with Crippen LogP contribution in [0.1, 0.15) is 38.2 Å². The summed E-state index contributed by atoms with van der Waals surface area (Å²) in [5.74, 6) is 0.309. The molecule has 0 radical (unpaired) electrons. The van der Waals surface area contributed by atoms with Crippen molar-refractivity contribution in [3.05, 3.63) is 65.7 Å². The second-order valence-electron chi connectivity index (χ2n) is 7.64. The molecular formula is C24H30N2O4S. The number of carbonyl (C=O) groups is 1. The second kappa shape index (κ2) is 10.5. The standard InChI is InChI=1S/C24H30N2O4S/c1-3-30-22-13-11-21(12-14-22)26(31(28,29)23-15-9-19(2)10-16-23)18-24(27)25-17-20-7-5-4-6-8-20/h7,9-16H,3-6,8,17-18H2,1-2H3,(H,25,27). The highest BCUT2D eigenvalue weighted by atomic mass is 32.2. The zero-order chi connectivity index (χ0) is 22.3. The molecule has 0 aromatic heterocycles. The van der Waals surface area contributed by atoms with Crippen LogP contribution in [-0.4, -0.2) is 34.0 Å². The average Bonchev–Trinajstić information content (AvgIpc) is 2.78. The van der Waals surface area contributed by atoms with Crippen LogP contribution in [0.4, 0.5) is 5.69 Å². The Morgan fingerprint density at radius 2 is 1.77 bits per heavy atom. The lowest BCUT2D eigenvalue weighted by atomic mass is 10.00. The molecule has 3 rings (SSSR count). The van der Waals surface area contributed by atoms with Crippen molar-refractivity contribution in [2.45, 2.75) is 44.4 Å². The Hall–Kier alpha value is -2.80. The Balaban J connectivity index is 1.83. The van der Waals surface area contributed by atoms with Gasteiger partial charge in [0.25, 0.3) is 10.0 Å². The molecule has 2 aromatic carbocycles. The maximum atomic E-state index is 13.4. The van der Waals surface area contributed by atoms with Gasteiger partial charge in [-0.1, -0.05) is 29.3 Å². The Morgan fingerprint density at radius 1 is 1.06 bits per heavy atom. The molecular weight excluding hydrogens is 412 g/mol. The fourth-order valence-electron chi connectivity index (χ4n) is 3.49. The first kappa shape index (κ1) is 22.9. The zero-order valence-electron chi connectivity index (χ0n) is 18.1. The summed E-state index contributed by atoms with van der Waals surface area (Å²) in [5.41, 5.74) is 2.58. The highest BCUT2D eigenvalue weighted by Gasteiger charge is 2.27. The molecule has 1 amide bonds. The molecule has 1 N–H and O–H groups in total. The molecule has 1 aliphatic rings. The van der Waals surface area contributed by atoms with E-state index >= 15 is 0 Å². The van der Waals surface area contributed by atoms with Crippen LogP contribution in [0.5, 0.6) is 5.75 Å². The van der Waals surface area contributed by atoms with Crippen molar-refractivity contribution in [3.8, 4) is 5.75 Å². The predicted octanol–water partition coefficient (Wildman–Crippen LogP) is 4.21. The van der Waals surface area contributed by atoms with Crippen molar-refractivity contribution in [1.29, 1.82) is 0 Å². The smallest absolute Gasteiger partial charge is 0.264 e. The van der Waals surface area contributed by atoms with Gasteiger partial charge in [0, 0.05) is 6.54 Å². The first-order valence-electron chi connectivity index (χ1n) is 10.7. The number of sulfonamides is 1. The van der Waals surface area contributed by atoms with Gasteiger partial charge in [0.05, 0.1) is 17.2 Å². The molecule has 0 saturated carbocycles. The number of carbonyl (C=O) groups excluding carboxylic acids is 1. The van der Waals surface area contributed by atoms with Crippen LogP contribution in [-0.2, 0) is 14.8 Å². The fraction of sp³-hybridized carbons (Fsp3) is 0.375. The summed E-state index contributed by atoms with van der Waals surface area (Å²) in [6, 6.07) is 13.4. The van der Waals surface area contributed by atoms with Crippen molar-refractivity contribution in [2.24, 2.45) is 0 Å². The quantitative estimate of drug-likeness (QED) is 0.591. The molecule has 7 heteroatoms. The van der Waals surface area contributed by atoms with Crippen LogP contribution in [0, 0.1) is 6.92 Å².